The number of ether oxygens (including phenoxy) is 1. The summed E-state index contributed by atoms with van der Waals surface area (Å²) in [6.07, 6.45) is 5.21. The first-order chi connectivity index (χ1) is 17.3. The molecule has 1 atom stereocenters. The van der Waals surface area contributed by atoms with Gasteiger partial charge in [-0.1, -0.05) is 84.7 Å². The average molecular weight is 455 g/mol. The van der Waals surface area contributed by atoms with Gasteiger partial charge in [0.15, 0.2) is 0 Å². The van der Waals surface area contributed by atoms with Crippen LogP contribution in [0.3, 0.4) is 0 Å². The highest BCUT2D eigenvalue weighted by Gasteiger charge is 2.26. The number of para-hydroxylation sites is 1. The lowest BCUT2D eigenvalue weighted by Gasteiger charge is -2.20. The molecular weight excluding hydrogens is 428 g/mol. The zero-order chi connectivity index (χ0) is 23.9. The number of benzene rings is 4. The van der Waals surface area contributed by atoms with E-state index in [0.717, 1.165) is 45.8 Å². The molecule has 1 heterocycles. The number of hydrogen-bond donors (Lipinski definition) is 0. The lowest BCUT2D eigenvalue weighted by Crippen LogP contribution is -2.23. The number of methoxy groups -OCH3 is 1. The van der Waals surface area contributed by atoms with Crippen LogP contribution >= 0.6 is 0 Å². The smallest absolute Gasteiger partial charge is 0.118 e. The van der Waals surface area contributed by atoms with E-state index in [-0.39, 0.29) is 6.04 Å². The van der Waals surface area contributed by atoms with Crippen molar-refractivity contribution in [3.05, 3.63) is 138 Å². The minimum atomic E-state index is 0.132. The van der Waals surface area contributed by atoms with Gasteiger partial charge < -0.3 is 4.74 Å². The van der Waals surface area contributed by atoms with Crippen LogP contribution in [0.5, 0.6) is 5.75 Å². The van der Waals surface area contributed by atoms with Crippen molar-refractivity contribution in [1.29, 1.82) is 0 Å². The molecule has 0 spiro atoms. The van der Waals surface area contributed by atoms with Crippen molar-refractivity contribution in [2.75, 3.05) is 12.1 Å². The summed E-state index contributed by atoms with van der Waals surface area (Å²) in [5.41, 5.74) is 6.41. The molecule has 35 heavy (non-hydrogen) atoms. The molecule has 4 aromatic rings. The van der Waals surface area contributed by atoms with E-state index in [1.165, 1.54) is 0 Å². The third-order valence-corrected chi connectivity index (χ3v) is 5.94. The molecule has 0 bridgehead atoms. The van der Waals surface area contributed by atoms with Gasteiger partial charge in [0.2, 0.25) is 0 Å². The molecule has 0 saturated heterocycles. The van der Waals surface area contributed by atoms with E-state index in [1.807, 2.05) is 60.7 Å². The van der Waals surface area contributed by atoms with Crippen molar-refractivity contribution in [1.82, 2.24) is 0 Å². The van der Waals surface area contributed by atoms with Crippen molar-refractivity contribution in [2.45, 2.75) is 12.5 Å². The van der Waals surface area contributed by atoms with Gasteiger partial charge in [-0.2, -0.15) is 5.10 Å². The van der Waals surface area contributed by atoms with Crippen molar-refractivity contribution in [2.24, 2.45) is 5.10 Å². The second-order valence-electron chi connectivity index (χ2n) is 8.32. The Morgan fingerprint density at radius 3 is 2.06 bits per heavy atom. The van der Waals surface area contributed by atoms with Crippen LogP contribution in [0.25, 0.3) is 6.08 Å². The third-order valence-electron chi connectivity index (χ3n) is 5.94. The van der Waals surface area contributed by atoms with Gasteiger partial charge in [-0.3, -0.25) is 5.01 Å². The van der Waals surface area contributed by atoms with Crippen LogP contribution in [-0.2, 0) is 0 Å². The lowest BCUT2D eigenvalue weighted by atomic mass is 10.0. The van der Waals surface area contributed by atoms with Crippen LogP contribution in [0.2, 0.25) is 0 Å². The van der Waals surface area contributed by atoms with Gasteiger partial charge in [0, 0.05) is 17.5 Å². The highest BCUT2D eigenvalue weighted by Crippen LogP contribution is 2.28. The summed E-state index contributed by atoms with van der Waals surface area (Å²) >= 11 is 0. The van der Waals surface area contributed by atoms with Gasteiger partial charge in [-0.25, -0.2) is 0 Å². The Labute approximate surface area is 207 Å². The van der Waals surface area contributed by atoms with Crippen molar-refractivity contribution >= 4 is 17.5 Å². The fourth-order valence-electron chi connectivity index (χ4n) is 4.03. The average Bonchev–Trinajstić information content (AvgIpc) is 3.37. The van der Waals surface area contributed by atoms with E-state index < -0.39 is 0 Å². The Morgan fingerprint density at radius 1 is 0.771 bits per heavy atom. The summed E-state index contributed by atoms with van der Waals surface area (Å²) in [6.45, 7) is 0. The van der Waals surface area contributed by atoms with Crippen LogP contribution in [0.15, 0.2) is 120 Å². The molecule has 4 aromatic carbocycles. The second-order valence-corrected chi connectivity index (χ2v) is 8.32. The summed E-state index contributed by atoms with van der Waals surface area (Å²) in [4.78, 5) is 0. The van der Waals surface area contributed by atoms with E-state index in [9.17, 15) is 0 Å². The maximum absolute atomic E-state index is 5.27. The largest absolute Gasteiger partial charge is 0.497 e. The van der Waals surface area contributed by atoms with Gasteiger partial charge in [0.25, 0.3) is 0 Å². The Morgan fingerprint density at radius 2 is 1.40 bits per heavy atom. The topological polar surface area (TPSA) is 24.8 Å². The normalized spacial score (nSPS) is 14.9. The summed E-state index contributed by atoms with van der Waals surface area (Å²) in [6, 6.07) is 37.0. The predicted octanol–water partition coefficient (Wildman–Crippen LogP) is 6.79. The van der Waals surface area contributed by atoms with Gasteiger partial charge >= 0.3 is 0 Å². The van der Waals surface area contributed by atoms with Gasteiger partial charge in [0.05, 0.1) is 24.6 Å². The highest BCUT2D eigenvalue weighted by molar-refractivity contribution is 6.03. The molecule has 1 aliphatic rings. The quantitative estimate of drug-likeness (QED) is 0.310. The third kappa shape index (κ3) is 5.51. The van der Waals surface area contributed by atoms with Crippen molar-refractivity contribution < 1.29 is 4.74 Å². The number of nitrogens with zero attached hydrogens (tertiary/aromatic N) is 2. The van der Waals surface area contributed by atoms with Crippen molar-refractivity contribution in [3.63, 3.8) is 0 Å². The summed E-state index contributed by atoms with van der Waals surface area (Å²) in [5, 5.41) is 7.13. The molecule has 0 saturated carbocycles. The van der Waals surface area contributed by atoms with Crippen LogP contribution < -0.4 is 9.75 Å². The van der Waals surface area contributed by atoms with E-state index in [0.29, 0.717) is 0 Å². The molecule has 0 N–H and O–H groups in total. The molecule has 0 amide bonds. The molecule has 1 unspecified atom stereocenters. The fraction of sp³-hybridized carbons (Fsp3) is 0.0938. The van der Waals surface area contributed by atoms with Gasteiger partial charge in [-0.05, 0) is 59.7 Å². The molecule has 0 aliphatic carbocycles. The van der Waals surface area contributed by atoms with Crippen LogP contribution in [0, 0.1) is 11.8 Å². The van der Waals surface area contributed by atoms with Crippen LogP contribution in [0.4, 0.5) is 5.69 Å². The standard InChI is InChI=1S/C32H26N2O/c1-35-31-22-17-27(18-23-31)16-21-30-24-32(33-34(30)29-10-6-3-7-11-29)28-19-14-26(15-20-28)13-12-25-8-4-2-5-9-25/h2-11,14-23,30H,24H2,1H3. The first-order valence-electron chi connectivity index (χ1n) is 11.7. The molecule has 0 fully saturated rings. The Balaban J connectivity index is 1.37. The molecule has 3 nitrogen and oxygen atoms in total. The second kappa shape index (κ2) is 10.6. The minimum absolute atomic E-state index is 0.132. The summed E-state index contributed by atoms with van der Waals surface area (Å²) < 4.78 is 5.27. The van der Waals surface area contributed by atoms with E-state index >= 15 is 0 Å². The molecular formula is C32H26N2O. The minimum Gasteiger partial charge on any atom is -0.497 e. The molecule has 0 radical (unpaired) electrons. The van der Waals surface area contributed by atoms with Crippen molar-refractivity contribution in [3.8, 4) is 17.6 Å². The lowest BCUT2D eigenvalue weighted by molar-refractivity contribution is 0.415. The number of rotatable bonds is 5. The van der Waals surface area contributed by atoms with Gasteiger partial charge in [-0.15, -0.1) is 0 Å². The van der Waals surface area contributed by atoms with Crippen LogP contribution in [-0.4, -0.2) is 18.9 Å². The molecule has 170 valence electrons. The number of anilines is 1. The summed E-state index contributed by atoms with van der Waals surface area (Å²) in [5.74, 6) is 7.33. The van der Waals surface area contributed by atoms with E-state index in [4.69, 9.17) is 9.84 Å². The van der Waals surface area contributed by atoms with E-state index in [2.05, 4.69) is 77.5 Å². The number of hydrogen-bond acceptors (Lipinski definition) is 3. The predicted molar refractivity (Wildman–Crippen MR) is 145 cm³/mol. The first kappa shape index (κ1) is 22.3. The Hall–Kier alpha value is -4.55. The highest BCUT2D eigenvalue weighted by atomic mass is 16.5. The summed E-state index contributed by atoms with van der Waals surface area (Å²) in [7, 11) is 1.68. The Bertz CT molecular complexity index is 1380. The van der Waals surface area contributed by atoms with E-state index in [1.54, 1.807) is 7.11 Å². The first-order valence-corrected chi connectivity index (χ1v) is 11.7. The fourth-order valence-corrected chi connectivity index (χ4v) is 4.03. The molecule has 0 aromatic heterocycles. The molecule has 5 rings (SSSR count). The molecule has 1 aliphatic heterocycles. The van der Waals surface area contributed by atoms with Gasteiger partial charge in [0.1, 0.15) is 5.75 Å². The monoisotopic (exact) mass is 454 g/mol. The zero-order valence-corrected chi connectivity index (χ0v) is 19.6. The maximum atomic E-state index is 5.27. The van der Waals surface area contributed by atoms with Crippen LogP contribution in [0.1, 0.15) is 28.7 Å². The molecule has 3 heteroatoms. The maximum Gasteiger partial charge on any atom is 0.118 e. The SMILES string of the molecule is COc1ccc(C=CC2CC(c3ccc(C#Cc4ccccc4)cc3)=NN2c2ccccc2)cc1. The number of hydrazone groups is 1. The zero-order valence-electron chi connectivity index (χ0n) is 19.6. The Kier molecular flexibility index (Phi) is 6.73.